The van der Waals surface area contributed by atoms with Crippen LogP contribution in [0.2, 0.25) is 0 Å². The Morgan fingerprint density at radius 2 is 1.82 bits per heavy atom. The molecule has 3 heteroatoms. The molecular formula is C25H25NO2. The Labute approximate surface area is 167 Å². The van der Waals surface area contributed by atoms with Crippen molar-refractivity contribution >= 4 is 11.6 Å². The fraction of sp³-hybridized carbons (Fsp3) is 0.320. The number of carbonyl (C=O) groups excluding carboxylic acids is 1. The maximum absolute atomic E-state index is 12.5. The molecule has 1 aliphatic heterocycles. The fourth-order valence-electron chi connectivity index (χ4n) is 3.95. The average molecular weight is 371 g/mol. The van der Waals surface area contributed by atoms with E-state index in [0.717, 1.165) is 29.2 Å². The van der Waals surface area contributed by atoms with Crippen LogP contribution < -0.4 is 4.74 Å². The monoisotopic (exact) mass is 371 g/mol. The van der Waals surface area contributed by atoms with Gasteiger partial charge in [-0.3, -0.25) is 9.69 Å². The number of fused-ring (bicyclic) bond motifs is 1. The van der Waals surface area contributed by atoms with E-state index < -0.39 is 0 Å². The topological polar surface area (TPSA) is 29.5 Å². The number of hydrogen-bond donors (Lipinski definition) is 0. The molecule has 0 radical (unpaired) electrons. The van der Waals surface area contributed by atoms with Gasteiger partial charge < -0.3 is 4.74 Å². The molecule has 2 aromatic carbocycles. The zero-order chi connectivity index (χ0) is 19.3. The van der Waals surface area contributed by atoms with Crippen LogP contribution in [0.1, 0.15) is 53.6 Å². The molecule has 0 N–H and O–H groups in total. The molecule has 0 saturated heterocycles. The third-order valence-electron chi connectivity index (χ3n) is 5.55. The van der Waals surface area contributed by atoms with E-state index >= 15 is 0 Å². The predicted molar refractivity (Wildman–Crippen MR) is 112 cm³/mol. The second-order valence-corrected chi connectivity index (χ2v) is 7.53. The molecule has 1 fully saturated rings. The Morgan fingerprint density at radius 1 is 1.04 bits per heavy atom. The Kier molecular flexibility index (Phi) is 5.48. The average Bonchev–Trinajstić information content (AvgIpc) is 2.98. The van der Waals surface area contributed by atoms with Crippen molar-refractivity contribution in [2.45, 2.75) is 32.1 Å². The number of rotatable bonds is 4. The van der Waals surface area contributed by atoms with E-state index in [4.69, 9.17) is 4.74 Å². The Balaban J connectivity index is 1.37. The lowest BCUT2D eigenvalue weighted by Gasteiger charge is -2.21. The summed E-state index contributed by atoms with van der Waals surface area (Å²) in [5.41, 5.74) is 3.22. The molecule has 2 aliphatic rings. The lowest BCUT2D eigenvalue weighted by molar-refractivity contribution is 0.0863. The molecule has 4 rings (SSSR count). The molecule has 1 aliphatic carbocycles. The van der Waals surface area contributed by atoms with E-state index in [1.54, 1.807) is 4.90 Å². The summed E-state index contributed by atoms with van der Waals surface area (Å²) < 4.78 is 6.00. The normalized spacial score (nSPS) is 16.5. The van der Waals surface area contributed by atoms with Gasteiger partial charge in [-0.2, -0.15) is 0 Å². The number of benzene rings is 2. The van der Waals surface area contributed by atoms with E-state index in [-0.39, 0.29) is 5.91 Å². The first-order valence-corrected chi connectivity index (χ1v) is 10.0. The summed E-state index contributed by atoms with van der Waals surface area (Å²) in [6, 6.07) is 15.5. The van der Waals surface area contributed by atoms with Crippen molar-refractivity contribution in [3.8, 4) is 17.6 Å². The Bertz CT molecular complexity index is 909. The summed E-state index contributed by atoms with van der Waals surface area (Å²) in [5, 5.41) is 0. The van der Waals surface area contributed by atoms with Crippen LogP contribution in [0.15, 0.2) is 55.1 Å². The molecule has 0 aromatic heterocycles. The molecule has 2 aromatic rings. The molecule has 28 heavy (non-hydrogen) atoms. The number of nitrogens with zero attached hydrogens (tertiary/aromatic N) is 1. The first-order chi connectivity index (χ1) is 13.7. The molecule has 0 unspecified atom stereocenters. The minimum absolute atomic E-state index is 0.0283. The molecule has 0 bridgehead atoms. The van der Waals surface area contributed by atoms with Crippen LogP contribution in [0, 0.1) is 17.8 Å². The van der Waals surface area contributed by atoms with Crippen molar-refractivity contribution in [3.63, 3.8) is 0 Å². The quantitative estimate of drug-likeness (QED) is 0.698. The van der Waals surface area contributed by atoms with Crippen molar-refractivity contribution < 1.29 is 9.53 Å². The van der Waals surface area contributed by atoms with Crippen LogP contribution in [-0.4, -0.2) is 24.0 Å². The highest BCUT2D eigenvalue weighted by atomic mass is 16.5. The van der Waals surface area contributed by atoms with Crippen LogP contribution in [0.3, 0.4) is 0 Å². The molecule has 1 heterocycles. The smallest absolute Gasteiger partial charge is 0.259 e. The van der Waals surface area contributed by atoms with Crippen molar-refractivity contribution in [2.24, 2.45) is 5.92 Å². The molecular weight excluding hydrogens is 346 g/mol. The fourth-order valence-corrected chi connectivity index (χ4v) is 3.95. The Morgan fingerprint density at radius 3 is 2.61 bits per heavy atom. The van der Waals surface area contributed by atoms with Gasteiger partial charge in [0.2, 0.25) is 0 Å². The van der Waals surface area contributed by atoms with Crippen LogP contribution >= 0.6 is 0 Å². The lowest BCUT2D eigenvalue weighted by Crippen LogP contribution is -2.23. The van der Waals surface area contributed by atoms with Gasteiger partial charge in [-0.15, -0.1) is 0 Å². The number of carbonyl (C=O) groups is 1. The third kappa shape index (κ3) is 3.97. The van der Waals surface area contributed by atoms with Gasteiger partial charge in [-0.25, -0.2) is 0 Å². The van der Waals surface area contributed by atoms with Gasteiger partial charge >= 0.3 is 0 Å². The molecule has 0 atom stereocenters. The first kappa shape index (κ1) is 18.4. The minimum atomic E-state index is -0.0283. The van der Waals surface area contributed by atoms with Crippen LogP contribution in [-0.2, 0) is 0 Å². The second-order valence-electron chi connectivity index (χ2n) is 7.53. The van der Waals surface area contributed by atoms with Gasteiger partial charge in [0, 0.05) is 22.4 Å². The van der Waals surface area contributed by atoms with E-state index in [2.05, 4.69) is 18.4 Å². The van der Waals surface area contributed by atoms with Crippen molar-refractivity contribution in [3.05, 3.63) is 71.8 Å². The van der Waals surface area contributed by atoms with Gasteiger partial charge in [-0.1, -0.05) is 61.9 Å². The largest absolute Gasteiger partial charge is 0.493 e. The van der Waals surface area contributed by atoms with E-state index in [1.165, 1.54) is 32.1 Å². The standard InChI is InChI=1S/C25H25NO2/c1-19-23-14-5-6-15-24(23)25(27)26(19)16-8-12-20-11-7-13-22(17-20)28-18-21-9-3-2-4-10-21/h5-7,11,13-15,17,21H,1-4,9-10,16,18H2. The highest BCUT2D eigenvalue weighted by Crippen LogP contribution is 2.30. The summed E-state index contributed by atoms with van der Waals surface area (Å²) in [5.74, 6) is 7.78. The number of amides is 1. The predicted octanol–water partition coefficient (Wildman–Crippen LogP) is 5.12. The van der Waals surface area contributed by atoms with Gasteiger partial charge in [-0.05, 0) is 43.0 Å². The highest BCUT2D eigenvalue weighted by Gasteiger charge is 2.29. The van der Waals surface area contributed by atoms with Crippen molar-refractivity contribution in [2.75, 3.05) is 13.2 Å². The molecule has 1 amide bonds. The first-order valence-electron chi connectivity index (χ1n) is 10.0. The zero-order valence-corrected chi connectivity index (χ0v) is 16.1. The maximum atomic E-state index is 12.5. The van der Waals surface area contributed by atoms with Crippen LogP contribution in [0.5, 0.6) is 5.75 Å². The molecule has 1 saturated carbocycles. The summed E-state index contributed by atoms with van der Waals surface area (Å²) in [7, 11) is 0. The SMILES string of the molecule is C=C1c2ccccc2C(=O)N1CC#Cc1cccc(OCC2CCCCC2)c1. The molecule has 3 nitrogen and oxygen atoms in total. The number of ether oxygens (including phenoxy) is 1. The number of hydrogen-bond acceptors (Lipinski definition) is 2. The van der Waals surface area contributed by atoms with Crippen molar-refractivity contribution in [1.82, 2.24) is 4.90 Å². The Hall–Kier alpha value is -2.99. The van der Waals surface area contributed by atoms with Crippen LogP contribution in [0.4, 0.5) is 0 Å². The summed E-state index contributed by atoms with van der Waals surface area (Å²) in [6.07, 6.45) is 6.55. The van der Waals surface area contributed by atoms with Gasteiger partial charge in [0.25, 0.3) is 5.91 Å². The highest BCUT2D eigenvalue weighted by molar-refractivity contribution is 6.08. The summed E-state index contributed by atoms with van der Waals surface area (Å²) in [4.78, 5) is 14.2. The van der Waals surface area contributed by atoms with Gasteiger partial charge in [0.05, 0.1) is 13.2 Å². The minimum Gasteiger partial charge on any atom is -0.493 e. The lowest BCUT2D eigenvalue weighted by atomic mass is 9.90. The maximum Gasteiger partial charge on any atom is 0.259 e. The second kappa shape index (κ2) is 8.35. The van der Waals surface area contributed by atoms with Gasteiger partial charge in [0.1, 0.15) is 5.75 Å². The summed E-state index contributed by atoms with van der Waals surface area (Å²) in [6.45, 7) is 5.17. The van der Waals surface area contributed by atoms with E-state index in [1.807, 2.05) is 48.5 Å². The van der Waals surface area contributed by atoms with Crippen LogP contribution in [0.25, 0.3) is 5.70 Å². The zero-order valence-electron chi connectivity index (χ0n) is 16.1. The molecule has 0 spiro atoms. The van der Waals surface area contributed by atoms with E-state index in [0.29, 0.717) is 18.0 Å². The van der Waals surface area contributed by atoms with E-state index in [9.17, 15) is 4.79 Å². The third-order valence-corrected chi connectivity index (χ3v) is 5.55. The molecule has 142 valence electrons. The van der Waals surface area contributed by atoms with Gasteiger partial charge in [0.15, 0.2) is 0 Å². The van der Waals surface area contributed by atoms with Crippen molar-refractivity contribution in [1.29, 1.82) is 0 Å². The summed E-state index contributed by atoms with van der Waals surface area (Å²) >= 11 is 0.